The van der Waals surface area contributed by atoms with E-state index in [0.717, 1.165) is 7.14 Å². The predicted octanol–water partition coefficient (Wildman–Crippen LogP) is 5.74. The van der Waals surface area contributed by atoms with Gasteiger partial charge in [0.05, 0.1) is 40.0 Å². The van der Waals surface area contributed by atoms with Crippen LogP contribution in [0.25, 0.3) is 6.08 Å². The number of carbonyl (C=O) groups is 1. The van der Waals surface area contributed by atoms with E-state index in [2.05, 4.69) is 50.2 Å². The third-order valence-corrected chi connectivity index (χ3v) is 9.08. The second-order valence-corrected chi connectivity index (χ2v) is 12.9. The van der Waals surface area contributed by atoms with Crippen molar-refractivity contribution in [1.82, 2.24) is 4.57 Å². The highest BCUT2D eigenvalue weighted by Crippen LogP contribution is 2.35. The number of hydrogen-bond donors (Lipinski definition) is 0. The van der Waals surface area contributed by atoms with Gasteiger partial charge >= 0.3 is 5.97 Å². The van der Waals surface area contributed by atoms with Gasteiger partial charge in [0.2, 0.25) is 0 Å². The van der Waals surface area contributed by atoms with Gasteiger partial charge in [-0.3, -0.25) is 9.36 Å². The Kier molecular flexibility index (Phi) is 10.4. The fraction of sp³-hybridized carbons (Fsp3) is 0.219. The van der Waals surface area contributed by atoms with Crippen LogP contribution in [0.2, 0.25) is 0 Å². The Morgan fingerprint density at radius 1 is 1.05 bits per heavy atom. The Morgan fingerprint density at radius 2 is 1.80 bits per heavy atom. The van der Waals surface area contributed by atoms with Gasteiger partial charge < -0.3 is 18.9 Å². The number of esters is 1. The lowest BCUT2D eigenvalue weighted by Crippen LogP contribution is -2.39. The van der Waals surface area contributed by atoms with Crippen LogP contribution in [0.3, 0.4) is 0 Å². The molecule has 44 heavy (non-hydrogen) atoms. The first kappa shape index (κ1) is 32.2. The van der Waals surface area contributed by atoms with Crippen LogP contribution >= 0.6 is 56.5 Å². The molecule has 0 unspecified atom stereocenters. The highest BCUT2D eigenvalue weighted by molar-refractivity contribution is 14.1. The summed E-state index contributed by atoms with van der Waals surface area (Å²) >= 11 is 5.57. The van der Waals surface area contributed by atoms with E-state index in [1.165, 1.54) is 35.3 Å². The molecule has 3 aromatic carbocycles. The minimum atomic E-state index is -0.816. The molecule has 2 heterocycles. The summed E-state index contributed by atoms with van der Waals surface area (Å²) in [4.78, 5) is 31.9. The second kappa shape index (κ2) is 14.2. The highest BCUT2D eigenvalue weighted by Gasteiger charge is 2.31. The Hall–Kier alpha value is -3.24. The number of methoxy groups -OCH3 is 1. The summed E-state index contributed by atoms with van der Waals surface area (Å²) in [5.41, 5.74) is 1.58. The van der Waals surface area contributed by atoms with E-state index in [4.69, 9.17) is 18.9 Å². The molecule has 0 N–H and O–H groups in total. The molecule has 1 atom stereocenters. The van der Waals surface area contributed by atoms with Crippen molar-refractivity contribution in [3.63, 3.8) is 0 Å². The van der Waals surface area contributed by atoms with Crippen molar-refractivity contribution in [3.05, 3.63) is 116 Å². The molecule has 0 aliphatic carbocycles. The van der Waals surface area contributed by atoms with Crippen molar-refractivity contribution in [1.29, 1.82) is 0 Å². The van der Waals surface area contributed by atoms with E-state index < -0.39 is 12.0 Å². The van der Waals surface area contributed by atoms with Gasteiger partial charge in [-0.1, -0.05) is 35.6 Å². The zero-order valence-electron chi connectivity index (χ0n) is 23.9. The zero-order valence-corrected chi connectivity index (χ0v) is 29.1. The molecule has 0 bridgehead atoms. The van der Waals surface area contributed by atoms with E-state index in [-0.39, 0.29) is 23.6 Å². The number of halogens is 3. The molecule has 1 aliphatic rings. The summed E-state index contributed by atoms with van der Waals surface area (Å²) in [5, 5.41) is 0. The first-order chi connectivity index (χ1) is 21.2. The normalized spacial score (nSPS) is 14.4. The average molecular weight is 840 g/mol. The molecule has 4 aromatic rings. The quantitative estimate of drug-likeness (QED) is 0.150. The van der Waals surface area contributed by atoms with E-state index in [9.17, 15) is 14.0 Å². The maximum absolute atomic E-state index is 14.3. The zero-order chi connectivity index (χ0) is 31.4. The van der Waals surface area contributed by atoms with Crippen molar-refractivity contribution < 1.29 is 28.1 Å². The molecule has 5 rings (SSSR count). The van der Waals surface area contributed by atoms with Crippen LogP contribution in [0.1, 0.15) is 36.6 Å². The standard InChI is InChI=1S/C32H27FI2N2O6S/c1-4-41-25-11-10-18(13-26(25)42-5-2)28-22(31(39)40-3)16-36-32-37(28)30(38)27(44-32)14-20-12-21(34)15-24(35)29(20)43-17-19-8-6-7-9-23(19)33/h6-16,28H,4-5,17H2,1-3H3/b27-14+/t28-/m0/s1. The number of ether oxygens (including phenoxy) is 4. The summed E-state index contributed by atoms with van der Waals surface area (Å²) in [6.07, 6.45) is 3.19. The van der Waals surface area contributed by atoms with E-state index >= 15 is 0 Å². The molecule has 8 nitrogen and oxygen atoms in total. The summed E-state index contributed by atoms with van der Waals surface area (Å²) in [7, 11) is 1.29. The molecule has 0 saturated carbocycles. The second-order valence-electron chi connectivity index (χ2n) is 9.43. The van der Waals surface area contributed by atoms with Crippen LogP contribution in [0, 0.1) is 13.0 Å². The maximum Gasteiger partial charge on any atom is 0.337 e. The third kappa shape index (κ3) is 6.71. The van der Waals surface area contributed by atoms with Crippen LogP contribution in [0.5, 0.6) is 17.2 Å². The van der Waals surface area contributed by atoms with Crippen molar-refractivity contribution in [2.45, 2.75) is 26.5 Å². The van der Waals surface area contributed by atoms with E-state index in [0.29, 0.717) is 56.5 Å². The van der Waals surface area contributed by atoms with Crippen LogP contribution in [0.4, 0.5) is 4.39 Å². The van der Waals surface area contributed by atoms with Crippen LogP contribution in [-0.4, -0.2) is 30.9 Å². The fourth-order valence-electron chi connectivity index (χ4n) is 4.73. The summed E-state index contributed by atoms with van der Waals surface area (Å²) in [5.74, 6) is 0.632. The lowest BCUT2D eigenvalue weighted by molar-refractivity contribution is -0.136. The smallest absolute Gasteiger partial charge is 0.337 e. The largest absolute Gasteiger partial charge is 0.490 e. The SMILES string of the molecule is CCOc1ccc([C@H]2C(C(=O)OC)=CN=c3s/c(=C/c4cc(I)cc(I)c4OCc4ccccc4F)c(=O)n32)cc1OCC. The monoisotopic (exact) mass is 840 g/mol. The Balaban J connectivity index is 1.63. The highest BCUT2D eigenvalue weighted by atomic mass is 127. The van der Waals surface area contributed by atoms with E-state index in [1.807, 2.05) is 26.0 Å². The van der Waals surface area contributed by atoms with Gasteiger partial charge in [0.25, 0.3) is 5.56 Å². The van der Waals surface area contributed by atoms with Gasteiger partial charge in [0.1, 0.15) is 18.2 Å². The van der Waals surface area contributed by atoms with Gasteiger partial charge in [-0.25, -0.2) is 14.2 Å². The summed E-state index contributed by atoms with van der Waals surface area (Å²) in [6, 6.07) is 14.8. The Morgan fingerprint density at radius 3 is 2.52 bits per heavy atom. The predicted molar refractivity (Wildman–Crippen MR) is 183 cm³/mol. The molecule has 228 valence electrons. The number of benzene rings is 3. The third-order valence-electron chi connectivity index (χ3n) is 6.66. The maximum atomic E-state index is 14.3. The number of carbonyl (C=O) groups excluding carboxylic acids is 1. The van der Waals surface area contributed by atoms with Gasteiger partial charge in [0, 0.05) is 20.9 Å². The van der Waals surface area contributed by atoms with Gasteiger partial charge in [-0.2, -0.15) is 0 Å². The van der Waals surface area contributed by atoms with Crippen molar-refractivity contribution in [2.24, 2.45) is 4.99 Å². The number of nitrogens with zero attached hydrogens (tertiary/aromatic N) is 2. The molecule has 12 heteroatoms. The van der Waals surface area contributed by atoms with Crippen LogP contribution < -0.4 is 29.1 Å². The van der Waals surface area contributed by atoms with Gasteiger partial charge in [-0.05, 0) is 101 Å². The molecule has 0 radical (unpaired) electrons. The molecule has 0 spiro atoms. The number of hydrogen-bond acceptors (Lipinski definition) is 8. The lowest BCUT2D eigenvalue weighted by atomic mass is 9.97. The van der Waals surface area contributed by atoms with E-state index in [1.54, 1.807) is 42.5 Å². The first-order valence-electron chi connectivity index (χ1n) is 13.6. The number of thiazole rings is 1. The van der Waals surface area contributed by atoms with Crippen molar-refractivity contribution in [2.75, 3.05) is 20.3 Å². The molecule has 0 saturated heterocycles. The number of fused-ring (bicyclic) bond motifs is 1. The molecule has 0 amide bonds. The van der Waals surface area contributed by atoms with Crippen molar-refractivity contribution in [3.8, 4) is 17.2 Å². The fourth-order valence-corrected chi connectivity index (χ4v) is 7.74. The average Bonchev–Trinajstić information content (AvgIpc) is 3.32. The number of rotatable bonds is 10. The minimum absolute atomic E-state index is 0.0216. The topological polar surface area (TPSA) is 88.4 Å². The van der Waals surface area contributed by atoms with Crippen molar-refractivity contribution >= 4 is 68.6 Å². The summed E-state index contributed by atoms with van der Waals surface area (Å²) < 4.78 is 40.7. The van der Waals surface area contributed by atoms with Gasteiger partial charge in [-0.15, -0.1) is 0 Å². The Labute approximate surface area is 284 Å². The molecular formula is C32H27FI2N2O6S. The summed E-state index contributed by atoms with van der Waals surface area (Å²) in [6.45, 7) is 4.62. The molecule has 1 aromatic heterocycles. The minimum Gasteiger partial charge on any atom is -0.490 e. The van der Waals surface area contributed by atoms with Crippen LogP contribution in [0.15, 0.2) is 76.2 Å². The van der Waals surface area contributed by atoms with Gasteiger partial charge in [0.15, 0.2) is 16.3 Å². The molecule has 1 aliphatic heterocycles. The molecular weight excluding hydrogens is 813 g/mol. The first-order valence-corrected chi connectivity index (χ1v) is 16.6. The Bertz CT molecular complexity index is 1940. The molecule has 0 fully saturated rings. The number of aromatic nitrogens is 1. The lowest BCUT2D eigenvalue weighted by Gasteiger charge is -2.23. The van der Waals surface area contributed by atoms with Crippen LogP contribution in [-0.2, 0) is 16.1 Å².